The molecule has 5 nitrogen and oxygen atoms in total. The van der Waals surface area contributed by atoms with Crippen molar-refractivity contribution in [1.82, 2.24) is 15.0 Å². The first-order valence-electron chi connectivity index (χ1n) is 5.87. The second kappa shape index (κ2) is 6.03. The summed E-state index contributed by atoms with van der Waals surface area (Å²) in [5.41, 5.74) is 2.68. The van der Waals surface area contributed by atoms with Crippen molar-refractivity contribution in [3.63, 3.8) is 0 Å². The van der Waals surface area contributed by atoms with Crippen molar-refractivity contribution < 1.29 is 9.84 Å². The Morgan fingerprint density at radius 3 is 2.89 bits per heavy atom. The van der Waals surface area contributed by atoms with Crippen LogP contribution in [-0.4, -0.2) is 26.7 Å². The van der Waals surface area contributed by atoms with Gasteiger partial charge in [0, 0.05) is 12.6 Å². The van der Waals surface area contributed by atoms with Crippen LogP contribution in [-0.2, 0) is 13.7 Å². The van der Waals surface area contributed by atoms with E-state index in [9.17, 15) is 0 Å². The molecule has 98 valence electrons. The Balaban J connectivity index is 2.03. The summed E-state index contributed by atoms with van der Waals surface area (Å²) in [7, 11) is 1.81. The second-order valence-corrected chi connectivity index (χ2v) is 4.11. The van der Waals surface area contributed by atoms with Gasteiger partial charge in [-0.25, -0.2) is 0 Å². The van der Waals surface area contributed by atoms with Crippen LogP contribution in [0, 0.1) is 18.8 Å². The fourth-order valence-corrected chi connectivity index (χ4v) is 1.62. The van der Waals surface area contributed by atoms with Crippen molar-refractivity contribution in [1.29, 1.82) is 0 Å². The lowest BCUT2D eigenvalue weighted by atomic mass is 10.1. The molecule has 0 aliphatic heterocycles. The number of rotatable bonds is 3. The van der Waals surface area contributed by atoms with Gasteiger partial charge in [0.2, 0.25) is 0 Å². The Hall–Kier alpha value is -2.32. The van der Waals surface area contributed by atoms with E-state index in [-0.39, 0.29) is 6.61 Å². The van der Waals surface area contributed by atoms with Gasteiger partial charge in [-0.3, -0.25) is 4.68 Å². The quantitative estimate of drug-likeness (QED) is 0.835. The van der Waals surface area contributed by atoms with Crippen LogP contribution in [0.1, 0.15) is 16.8 Å². The minimum absolute atomic E-state index is 0.135. The molecular weight excluding hydrogens is 242 g/mol. The number of nitrogens with zero attached hydrogens (tertiary/aromatic N) is 3. The molecule has 0 saturated heterocycles. The first-order valence-corrected chi connectivity index (χ1v) is 5.87. The van der Waals surface area contributed by atoms with Gasteiger partial charge in [-0.05, 0) is 30.7 Å². The van der Waals surface area contributed by atoms with Gasteiger partial charge in [-0.1, -0.05) is 17.1 Å². The van der Waals surface area contributed by atoms with Crippen LogP contribution in [0.15, 0.2) is 24.4 Å². The number of aliphatic hydroxyl groups excluding tert-OH is 1. The number of hydrogen-bond acceptors (Lipinski definition) is 4. The van der Waals surface area contributed by atoms with Gasteiger partial charge < -0.3 is 9.84 Å². The molecule has 1 aromatic carbocycles. The Kier molecular flexibility index (Phi) is 4.16. The van der Waals surface area contributed by atoms with Crippen LogP contribution in [0.2, 0.25) is 0 Å². The first-order chi connectivity index (χ1) is 9.19. The first kappa shape index (κ1) is 13.1. The molecule has 0 aliphatic rings. The third kappa shape index (κ3) is 3.57. The summed E-state index contributed by atoms with van der Waals surface area (Å²) in [4.78, 5) is 0. The van der Waals surface area contributed by atoms with E-state index in [2.05, 4.69) is 22.2 Å². The number of ether oxygens (including phenoxy) is 1. The minimum atomic E-state index is -0.135. The van der Waals surface area contributed by atoms with Crippen molar-refractivity contribution in [2.24, 2.45) is 7.05 Å². The summed E-state index contributed by atoms with van der Waals surface area (Å²) in [6.45, 7) is 2.20. The molecule has 0 saturated carbocycles. The molecule has 2 aromatic rings. The van der Waals surface area contributed by atoms with Gasteiger partial charge in [-0.2, -0.15) is 0 Å². The van der Waals surface area contributed by atoms with E-state index < -0.39 is 0 Å². The SMILES string of the molecule is Cc1cc(OCc2cn(C)nn2)ccc1C#CCO. The highest BCUT2D eigenvalue weighted by Gasteiger charge is 2.02. The Morgan fingerprint density at radius 2 is 2.26 bits per heavy atom. The molecule has 0 unspecified atom stereocenters. The molecular formula is C14H15N3O2. The fourth-order valence-electron chi connectivity index (χ4n) is 1.62. The van der Waals surface area contributed by atoms with E-state index in [0.717, 1.165) is 22.6 Å². The molecule has 0 amide bonds. The summed E-state index contributed by atoms with van der Waals surface area (Å²) >= 11 is 0. The van der Waals surface area contributed by atoms with Crippen molar-refractivity contribution in [3.05, 3.63) is 41.2 Å². The zero-order valence-electron chi connectivity index (χ0n) is 10.9. The Labute approximate surface area is 111 Å². The summed E-state index contributed by atoms with van der Waals surface area (Å²) < 4.78 is 7.27. The Bertz CT molecular complexity index is 623. The monoisotopic (exact) mass is 257 g/mol. The van der Waals surface area contributed by atoms with Crippen LogP contribution >= 0.6 is 0 Å². The maximum Gasteiger partial charge on any atom is 0.134 e. The average molecular weight is 257 g/mol. The number of aromatic nitrogens is 3. The predicted molar refractivity (Wildman–Crippen MR) is 70.5 cm³/mol. The van der Waals surface area contributed by atoms with Gasteiger partial charge in [0.15, 0.2) is 0 Å². The van der Waals surface area contributed by atoms with E-state index in [1.54, 1.807) is 4.68 Å². The normalized spacial score (nSPS) is 9.84. The highest BCUT2D eigenvalue weighted by Crippen LogP contribution is 2.17. The second-order valence-electron chi connectivity index (χ2n) is 4.11. The molecule has 1 aromatic heterocycles. The van der Waals surface area contributed by atoms with Gasteiger partial charge >= 0.3 is 0 Å². The molecule has 0 aliphatic carbocycles. The van der Waals surface area contributed by atoms with E-state index in [4.69, 9.17) is 9.84 Å². The van der Waals surface area contributed by atoms with Crippen LogP contribution in [0.5, 0.6) is 5.75 Å². The van der Waals surface area contributed by atoms with E-state index >= 15 is 0 Å². The zero-order valence-corrected chi connectivity index (χ0v) is 10.9. The van der Waals surface area contributed by atoms with Crippen molar-refractivity contribution in [2.75, 3.05) is 6.61 Å². The standard InChI is InChI=1S/C14H15N3O2/c1-11-8-14(6-5-12(11)4-3-7-18)19-10-13-9-17(2)16-15-13/h5-6,8-9,18H,7,10H2,1-2H3. The number of aryl methyl sites for hydroxylation is 2. The zero-order chi connectivity index (χ0) is 13.7. The third-order valence-electron chi connectivity index (χ3n) is 2.54. The highest BCUT2D eigenvalue weighted by molar-refractivity contribution is 5.44. The third-order valence-corrected chi connectivity index (χ3v) is 2.54. The molecule has 0 atom stereocenters. The fraction of sp³-hybridized carbons (Fsp3) is 0.286. The lowest BCUT2D eigenvalue weighted by molar-refractivity contribution is 0.301. The Morgan fingerprint density at radius 1 is 1.42 bits per heavy atom. The predicted octanol–water partition coefficient (Wildman–Crippen LogP) is 1.05. The minimum Gasteiger partial charge on any atom is -0.487 e. The van der Waals surface area contributed by atoms with Gasteiger partial charge in [-0.15, -0.1) is 5.10 Å². The summed E-state index contributed by atoms with van der Waals surface area (Å²) in [6, 6.07) is 5.65. The van der Waals surface area contributed by atoms with Crippen LogP contribution in [0.3, 0.4) is 0 Å². The van der Waals surface area contributed by atoms with E-state index in [1.165, 1.54) is 0 Å². The van der Waals surface area contributed by atoms with Crippen LogP contribution in [0.25, 0.3) is 0 Å². The van der Waals surface area contributed by atoms with Crippen LogP contribution in [0.4, 0.5) is 0 Å². The summed E-state index contributed by atoms with van der Waals surface area (Å²) in [5, 5.41) is 16.5. The molecule has 0 bridgehead atoms. The van der Waals surface area contributed by atoms with Gasteiger partial charge in [0.05, 0.1) is 6.20 Å². The summed E-state index contributed by atoms with van der Waals surface area (Å²) in [6.07, 6.45) is 1.81. The van der Waals surface area contributed by atoms with Crippen molar-refractivity contribution >= 4 is 0 Å². The lowest BCUT2D eigenvalue weighted by Crippen LogP contribution is -1.96. The summed E-state index contributed by atoms with van der Waals surface area (Å²) in [5.74, 6) is 6.28. The number of benzene rings is 1. The lowest BCUT2D eigenvalue weighted by Gasteiger charge is -2.06. The number of aliphatic hydroxyl groups is 1. The molecule has 0 radical (unpaired) electrons. The molecule has 1 N–H and O–H groups in total. The topological polar surface area (TPSA) is 60.2 Å². The van der Waals surface area contributed by atoms with E-state index in [1.807, 2.05) is 38.4 Å². The molecule has 2 rings (SSSR count). The van der Waals surface area contributed by atoms with Crippen molar-refractivity contribution in [2.45, 2.75) is 13.5 Å². The molecule has 1 heterocycles. The average Bonchev–Trinajstić information content (AvgIpc) is 2.81. The molecule has 5 heteroatoms. The van der Waals surface area contributed by atoms with Crippen molar-refractivity contribution in [3.8, 4) is 17.6 Å². The molecule has 0 fully saturated rings. The van der Waals surface area contributed by atoms with Crippen LogP contribution < -0.4 is 4.74 Å². The maximum atomic E-state index is 8.67. The number of hydrogen-bond donors (Lipinski definition) is 1. The van der Waals surface area contributed by atoms with E-state index in [0.29, 0.717) is 6.61 Å². The highest BCUT2D eigenvalue weighted by atomic mass is 16.5. The molecule has 19 heavy (non-hydrogen) atoms. The van der Waals surface area contributed by atoms with Gasteiger partial charge in [0.1, 0.15) is 24.7 Å². The maximum absolute atomic E-state index is 8.67. The molecule has 0 spiro atoms. The largest absolute Gasteiger partial charge is 0.487 e. The van der Waals surface area contributed by atoms with Gasteiger partial charge in [0.25, 0.3) is 0 Å². The smallest absolute Gasteiger partial charge is 0.134 e.